The van der Waals surface area contributed by atoms with Crippen molar-refractivity contribution < 1.29 is 13.6 Å². The maximum Gasteiger partial charge on any atom is 0.300 e. The van der Waals surface area contributed by atoms with Gasteiger partial charge in [0.1, 0.15) is 12.1 Å². The van der Waals surface area contributed by atoms with Crippen molar-refractivity contribution in [1.82, 2.24) is 29.6 Å². The topological polar surface area (TPSA) is 93.2 Å². The SMILES string of the molecule is Cc1ccc2oc(N3CCN(C(=O)c4ccc(-c5ncn(CC(C)(C)C)n5)c(F)c4)CC3)nc2n1. The molecule has 1 saturated heterocycles. The van der Waals surface area contributed by atoms with Crippen LogP contribution in [0.25, 0.3) is 22.6 Å². The number of carbonyl (C=O) groups excluding carboxylic acids is 1. The van der Waals surface area contributed by atoms with Crippen LogP contribution in [0.15, 0.2) is 41.1 Å². The lowest BCUT2D eigenvalue weighted by Crippen LogP contribution is -2.49. The van der Waals surface area contributed by atoms with E-state index in [1.54, 1.807) is 28.0 Å². The zero-order valence-corrected chi connectivity index (χ0v) is 20.3. The Morgan fingerprint density at radius 3 is 2.57 bits per heavy atom. The lowest BCUT2D eigenvalue weighted by atomic mass is 9.97. The highest BCUT2D eigenvalue weighted by Gasteiger charge is 2.26. The Kier molecular flexibility index (Phi) is 5.74. The lowest BCUT2D eigenvalue weighted by Gasteiger charge is -2.33. The second kappa shape index (κ2) is 8.75. The highest BCUT2D eigenvalue weighted by atomic mass is 19.1. The van der Waals surface area contributed by atoms with Crippen LogP contribution >= 0.6 is 0 Å². The Morgan fingerprint density at radius 2 is 1.86 bits per heavy atom. The number of fused-ring (bicyclic) bond motifs is 1. The fourth-order valence-electron chi connectivity index (χ4n) is 4.13. The Morgan fingerprint density at radius 1 is 1.09 bits per heavy atom. The number of hydrogen-bond donors (Lipinski definition) is 0. The summed E-state index contributed by atoms with van der Waals surface area (Å²) in [5.41, 5.74) is 2.69. The van der Waals surface area contributed by atoms with Crippen LogP contribution in [0.1, 0.15) is 36.8 Å². The summed E-state index contributed by atoms with van der Waals surface area (Å²) in [5, 5.41) is 4.39. The molecular formula is C25H28FN7O2. The lowest BCUT2D eigenvalue weighted by molar-refractivity contribution is 0.0744. The van der Waals surface area contributed by atoms with Crippen LogP contribution in [0, 0.1) is 18.2 Å². The van der Waals surface area contributed by atoms with E-state index in [4.69, 9.17) is 4.42 Å². The quantitative estimate of drug-likeness (QED) is 0.440. The fourth-order valence-corrected chi connectivity index (χ4v) is 4.13. The van der Waals surface area contributed by atoms with E-state index in [0.717, 1.165) is 5.69 Å². The summed E-state index contributed by atoms with van der Waals surface area (Å²) < 4.78 is 22.5. The van der Waals surface area contributed by atoms with E-state index in [2.05, 4.69) is 40.8 Å². The normalized spacial score (nSPS) is 14.7. The maximum absolute atomic E-state index is 14.9. The molecule has 35 heavy (non-hydrogen) atoms. The Bertz CT molecular complexity index is 1380. The van der Waals surface area contributed by atoms with Crippen LogP contribution in [0.5, 0.6) is 0 Å². The standard InChI is InChI=1S/C25H28FN7O2/c1-16-5-8-20-22(28-16)29-24(35-20)32-11-9-31(10-12-32)23(34)17-6-7-18(19(26)13-17)21-27-15-33(30-21)14-25(2,3)4/h5-8,13,15H,9-12,14H2,1-4H3. The Labute approximate surface area is 202 Å². The van der Waals surface area contributed by atoms with Gasteiger partial charge in [0, 0.05) is 44.0 Å². The molecule has 1 aromatic carbocycles. The van der Waals surface area contributed by atoms with Crippen LogP contribution in [0.2, 0.25) is 0 Å². The summed E-state index contributed by atoms with van der Waals surface area (Å²) in [6.45, 7) is 11.0. The molecule has 1 fully saturated rings. The molecule has 10 heteroatoms. The number of hydrogen-bond acceptors (Lipinski definition) is 7. The van der Waals surface area contributed by atoms with Crippen molar-refractivity contribution in [2.24, 2.45) is 5.41 Å². The van der Waals surface area contributed by atoms with Gasteiger partial charge < -0.3 is 14.2 Å². The molecule has 3 aromatic heterocycles. The predicted molar refractivity (Wildman–Crippen MR) is 130 cm³/mol. The smallest absolute Gasteiger partial charge is 0.300 e. The van der Waals surface area contributed by atoms with E-state index >= 15 is 0 Å². The van der Waals surface area contributed by atoms with Gasteiger partial charge in [-0.15, -0.1) is 0 Å². The highest BCUT2D eigenvalue weighted by Crippen LogP contribution is 2.24. The van der Waals surface area contributed by atoms with Crippen LogP contribution in [0.4, 0.5) is 10.4 Å². The molecule has 1 aliphatic rings. The first-order chi connectivity index (χ1) is 16.7. The summed E-state index contributed by atoms with van der Waals surface area (Å²) in [4.78, 5) is 29.9. The summed E-state index contributed by atoms with van der Waals surface area (Å²) in [7, 11) is 0. The molecule has 4 heterocycles. The first-order valence-corrected chi connectivity index (χ1v) is 11.6. The molecule has 0 N–H and O–H groups in total. The third-order valence-electron chi connectivity index (χ3n) is 5.85. The van der Waals surface area contributed by atoms with Crippen molar-refractivity contribution in [3.05, 3.63) is 53.7 Å². The molecular weight excluding hydrogens is 449 g/mol. The molecule has 0 aliphatic carbocycles. The summed E-state index contributed by atoms with van der Waals surface area (Å²) in [6, 6.07) is 8.71. The minimum atomic E-state index is -0.516. The van der Waals surface area contributed by atoms with Crippen LogP contribution in [0.3, 0.4) is 0 Å². The number of rotatable bonds is 4. The number of halogens is 1. The molecule has 1 aliphatic heterocycles. The molecule has 0 unspecified atom stereocenters. The number of oxazole rings is 1. The molecule has 0 spiro atoms. The van der Waals surface area contributed by atoms with Gasteiger partial charge in [-0.1, -0.05) is 20.8 Å². The molecule has 0 bridgehead atoms. The van der Waals surface area contributed by atoms with Crippen LogP contribution in [-0.4, -0.2) is 61.7 Å². The Balaban J connectivity index is 1.25. The third kappa shape index (κ3) is 4.87. The second-order valence-corrected chi connectivity index (χ2v) is 10.1. The van der Waals surface area contributed by atoms with Crippen LogP contribution < -0.4 is 4.90 Å². The van der Waals surface area contributed by atoms with Gasteiger partial charge in [0.05, 0.1) is 5.56 Å². The van der Waals surface area contributed by atoms with E-state index in [0.29, 0.717) is 61.4 Å². The van der Waals surface area contributed by atoms with Crippen molar-refractivity contribution >= 4 is 23.2 Å². The molecule has 0 saturated carbocycles. The van der Waals surface area contributed by atoms with Crippen molar-refractivity contribution in [3.63, 3.8) is 0 Å². The number of aromatic nitrogens is 5. The summed E-state index contributed by atoms with van der Waals surface area (Å²) in [5.74, 6) is -0.421. The minimum Gasteiger partial charge on any atom is -0.422 e. The highest BCUT2D eigenvalue weighted by molar-refractivity contribution is 5.94. The number of aryl methyl sites for hydroxylation is 1. The summed E-state index contributed by atoms with van der Waals surface area (Å²) >= 11 is 0. The van der Waals surface area contributed by atoms with E-state index < -0.39 is 5.82 Å². The predicted octanol–water partition coefficient (Wildman–Crippen LogP) is 3.94. The minimum absolute atomic E-state index is 0.0280. The molecule has 5 rings (SSSR count). The van der Waals surface area contributed by atoms with Crippen molar-refractivity contribution in [3.8, 4) is 11.4 Å². The number of piperazine rings is 1. The third-order valence-corrected chi connectivity index (χ3v) is 5.85. The first kappa shape index (κ1) is 22.9. The summed E-state index contributed by atoms with van der Waals surface area (Å²) in [6.07, 6.45) is 1.60. The van der Waals surface area contributed by atoms with Crippen molar-refractivity contribution in [2.45, 2.75) is 34.2 Å². The van der Waals surface area contributed by atoms with Gasteiger partial charge >= 0.3 is 0 Å². The maximum atomic E-state index is 14.9. The number of benzene rings is 1. The van der Waals surface area contributed by atoms with Crippen molar-refractivity contribution in [2.75, 3.05) is 31.1 Å². The van der Waals surface area contributed by atoms with Gasteiger partial charge in [0.15, 0.2) is 11.4 Å². The van der Waals surface area contributed by atoms with Gasteiger partial charge in [-0.3, -0.25) is 9.48 Å². The zero-order valence-electron chi connectivity index (χ0n) is 20.3. The van der Waals surface area contributed by atoms with E-state index in [1.165, 1.54) is 6.07 Å². The number of amides is 1. The van der Waals surface area contributed by atoms with Gasteiger partial charge in [-0.2, -0.15) is 10.1 Å². The Hall–Kier alpha value is -3.82. The molecule has 4 aromatic rings. The van der Waals surface area contributed by atoms with Gasteiger partial charge in [0.2, 0.25) is 5.65 Å². The average Bonchev–Trinajstić information content (AvgIpc) is 3.44. The van der Waals surface area contributed by atoms with Gasteiger partial charge in [0.25, 0.3) is 11.9 Å². The molecule has 9 nitrogen and oxygen atoms in total. The largest absolute Gasteiger partial charge is 0.422 e. The molecule has 1 amide bonds. The molecule has 182 valence electrons. The monoisotopic (exact) mass is 477 g/mol. The van der Waals surface area contributed by atoms with Gasteiger partial charge in [-0.25, -0.2) is 14.4 Å². The molecule has 0 radical (unpaired) electrons. The van der Waals surface area contributed by atoms with E-state index in [-0.39, 0.29) is 16.9 Å². The van der Waals surface area contributed by atoms with E-state index in [1.807, 2.05) is 24.0 Å². The zero-order chi connectivity index (χ0) is 24.7. The van der Waals surface area contributed by atoms with Gasteiger partial charge in [-0.05, 0) is 42.7 Å². The van der Waals surface area contributed by atoms with Crippen molar-refractivity contribution in [1.29, 1.82) is 0 Å². The number of nitrogens with zero attached hydrogens (tertiary/aromatic N) is 7. The number of anilines is 1. The average molecular weight is 478 g/mol. The second-order valence-electron chi connectivity index (χ2n) is 10.1. The fraction of sp³-hybridized carbons (Fsp3) is 0.400. The van der Waals surface area contributed by atoms with E-state index in [9.17, 15) is 9.18 Å². The number of pyridine rings is 1. The molecule has 0 atom stereocenters. The van der Waals surface area contributed by atoms with Crippen LogP contribution in [-0.2, 0) is 6.54 Å². The first-order valence-electron chi connectivity index (χ1n) is 11.6. The number of carbonyl (C=O) groups is 1.